The fourth-order valence-electron chi connectivity index (χ4n) is 2.32. The van der Waals surface area contributed by atoms with Gasteiger partial charge in [-0.15, -0.1) is 0 Å². The molecule has 0 saturated carbocycles. The summed E-state index contributed by atoms with van der Waals surface area (Å²) in [4.78, 5) is 18.7. The van der Waals surface area contributed by atoms with Crippen molar-refractivity contribution < 1.29 is 4.79 Å². The highest BCUT2D eigenvalue weighted by atomic mass is 16.2. The minimum atomic E-state index is -0.00629. The summed E-state index contributed by atoms with van der Waals surface area (Å²) in [7, 11) is 0. The molecule has 1 aromatic heterocycles. The van der Waals surface area contributed by atoms with Crippen LogP contribution < -0.4 is 10.6 Å². The minimum Gasteiger partial charge on any atom is -0.340 e. The highest BCUT2D eigenvalue weighted by molar-refractivity contribution is 5.92. The first-order valence-electron chi connectivity index (χ1n) is 7.12. The third kappa shape index (κ3) is 3.38. The summed E-state index contributed by atoms with van der Waals surface area (Å²) in [5.74, 6) is 0.676. The molecule has 2 aromatic rings. The lowest BCUT2D eigenvalue weighted by Gasteiger charge is -2.27. The van der Waals surface area contributed by atoms with Crippen molar-refractivity contribution in [3.05, 3.63) is 54.2 Å². The zero-order valence-corrected chi connectivity index (χ0v) is 11.7. The van der Waals surface area contributed by atoms with Crippen LogP contribution in [0, 0.1) is 0 Å². The monoisotopic (exact) mass is 282 g/mol. The molecule has 108 valence electrons. The van der Waals surface area contributed by atoms with Crippen molar-refractivity contribution in [1.82, 2.24) is 15.2 Å². The van der Waals surface area contributed by atoms with Gasteiger partial charge in [-0.25, -0.2) is 4.98 Å². The van der Waals surface area contributed by atoms with Crippen LogP contribution in [-0.4, -0.2) is 42.0 Å². The molecule has 2 N–H and O–H groups in total. The molecule has 5 nitrogen and oxygen atoms in total. The summed E-state index contributed by atoms with van der Waals surface area (Å²) in [6.45, 7) is 3.15. The number of aromatic nitrogens is 1. The van der Waals surface area contributed by atoms with Crippen LogP contribution in [0.4, 0.5) is 11.5 Å². The van der Waals surface area contributed by atoms with Gasteiger partial charge in [0.15, 0.2) is 0 Å². The summed E-state index contributed by atoms with van der Waals surface area (Å²) < 4.78 is 0. The van der Waals surface area contributed by atoms with Crippen LogP contribution in [0.25, 0.3) is 0 Å². The quantitative estimate of drug-likeness (QED) is 0.902. The fraction of sp³-hybridized carbons (Fsp3) is 0.250. The number of nitrogens with one attached hydrogen (secondary N) is 2. The number of hydrogen-bond acceptors (Lipinski definition) is 4. The Morgan fingerprint density at radius 1 is 1.05 bits per heavy atom. The van der Waals surface area contributed by atoms with Gasteiger partial charge in [0.1, 0.15) is 11.5 Å². The number of benzene rings is 1. The van der Waals surface area contributed by atoms with E-state index in [1.54, 1.807) is 6.07 Å². The average molecular weight is 282 g/mol. The maximum Gasteiger partial charge on any atom is 0.272 e. The molecule has 1 aliphatic rings. The van der Waals surface area contributed by atoms with Gasteiger partial charge < -0.3 is 15.5 Å². The largest absolute Gasteiger partial charge is 0.340 e. The SMILES string of the molecule is O=C(c1cccc(Nc2ccccc2)n1)N1CCNCC1. The van der Waals surface area contributed by atoms with Gasteiger partial charge in [-0.2, -0.15) is 0 Å². The topological polar surface area (TPSA) is 57.3 Å². The van der Waals surface area contributed by atoms with Crippen molar-refractivity contribution in [2.24, 2.45) is 0 Å². The maximum atomic E-state index is 12.4. The van der Waals surface area contributed by atoms with Gasteiger partial charge in [0.05, 0.1) is 0 Å². The van der Waals surface area contributed by atoms with Crippen LogP contribution in [-0.2, 0) is 0 Å². The van der Waals surface area contributed by atoms with Gasteiger partial charge in [0, 0.05) is 31.9 Å². The molecule has 1 fully saturated rings. The van der Waals surface area contributed by atoms with E-state index in [1.165, 1.54) is 0 Å². The number of rotatable bonds is 3. The zero-order valence-electron chi connectivity index (χ0n) is 11.7. The number of anilines is 2. The first-order valence-corrected chi connectivity index (χ1v) is 7.12. The molecule has 3 rings (SSSR count). The molecule has 1 aromatic carbocycles. The Morgan fingerprint density at radius 2 is 1.81 bits per heavy atom. The second-order valence-corrected chi connectivity index (χ2v) is 4.94. The van der Waals surface area contributed by atoms with Gasteiger partial charge in [0.25, 0.3) is 5.91 Å². The molecule has 0 unspecified atom stereocenters. The van der Waals surface area contributed by atoms with Crippen molar-refractivity contribution in [3.8, 4) is 0 Å². The molecule has 0 aliphatic carbocycles. The lowest BCUT2D eigenvalue weighted by molar-refractivity contribution is 0.0730. The average Bonchev–Trinajstić information content (AvgIpc) is 2.56. The van der Waals surface area contributed by atoms with Crippen LogP contribution in [0.15, 0.2) is 48.5 Å². The summed E-state index contributed by atoms with van der Waals surface area (Å²) in [5, 5.41) is 6.45. The molecular weight excluding hydrogens is 264 g/mol. The predicted molar refractivity (Wildman–Crippen MR) is 82.7 cm³/mol. The van der Waals surface area contributed by atoms with Crippen molar-refractivity contribution in [2.75, 3.05) is 31.5 Å². The third-order valence-corrected chi connectivity index (χ3v) is 3.42. The summed E-state index contributed by atoms with van der Waals surface area (Å²) in [6.07, 6.45) is 0. The van der Waals surface area contributed by atoms with Crippen LogP contribution in [0.1, 0.15) is 10.5 Å². The molecule has 0 spiro atoms. The lowest BCUT2D eigenvalue weighted by Crippen LogP contribution is -2.46. The molecule has 0 bridgehead atoms. The first-order chi connectivity index (χ1) is 10.3. The summed E-state index contributed by atoms with van der Waals surface area (Å²) >= 11 is 0. The zero-order chi connectivity index (χ0) is 14.5. The number of nitrogens with zero attached hydrogens (tertiary/aromatic N) is 2. The molecule has 1 amide bonds. The second-order valence-electron chi connectivity index (χ2n) is 4.94. The van der Waals surface area contributed by atoms with Crippen molar-refractivity contribution >= 4 is 17.4 Å². The van der Waals surface area contributed by atoms with Crippen LogP contribution >= 0.6 is 0 Å². The van der Waals surface area contributed by atoms with Crippen molar-refractivity contribution in [2.45, 2.75) is 0 Å². The van der Waals surface area contributed by atoms with Crippen molar-refractivity contribution in [3.63, 3.8) is 0 Å². The molecular formula is C16H18N4O. The normalized spacial score (nSPS) is 14.8. The molecule has 21 heavy (non-hydrogen) atoms. The Kier molecular flexibility index (Phi) is 4.12. The van der Waals surface area contributed by atoms with Gasteiger partial charge in [-0.05, 0) is 24.3 Å². The molecule has 5 heteroatoms. The number of hydrogen-bond donors (Lipinski definition) is 2. The maximum absolute atomic E-state index is 12.4. The number of carbonyl (C=O) groups is 1. The summed E-state index contributed by atoms with van der Waals surface area (Å²) in [6, 6.07) is 15.3. The van der Waals surface area contributed by atoms with Gasteiger partial charge in [-0.3, -0.25) is 4.79 Å². The standard InChI is InChI=1S/C16H18N4O/c21-16(20-11-9-17-10-12-20)14-7-4-8-15(19-14)18-13-5-2-1-3-6-13/h1-8,17H,9-12H2,(H,18,19). The predicted octanol–water partition coefficient (Wildman–Crippen LogP) is 1.87. The van der Waals surface area contributed by atoms with E-state index >= 15 is 0 Å². The Morgan fingerprint density at radius 3 is 2.57 bits per heavy atom. The molecule has 0 radical (unpaired) electrons. The van der Waals surface area contributed by atoms with Gasteiger partial charge in [-0.1, -0.05) is 24.3 Å². The van der Waals surface area contributed by atoms with Crippen LogP contribution in [0.5, 0.6) is 0 Å². The minimum absolute atomic E-state index is 0.00629. The number of piperazine rings is 1. The first kappa shape index (κ1) is 13.6. The molecule has 0 atom stereocenters. The highest BCUT2D eigenvalue weighted by Gasteiger charge is 2.19. The van der Waals surface area contributed by atoms with E-state index in [2.05, 4.69) is 15.6 Å². The Balaban J connectivity index is 1.75. The second kappa shape index (κ2) is 6.37. The van der Waals surface area contributed by atoms with Crippen LogP contribution in [0.2, 0.25) is 0 Å². The lowest BCUT2D eigenvalue weighted by atomic mass is 10.2. The van der Waals surface area contributed by atoms with E-state index < -0.39 is 0 Å². The van der Waals surface area contributed by atoms with Gasteiger partial charge in [0.2, 0.25) is 0 Å². The van der Waals surface area contributed by atoms with E-state index in [1.807, 2.05) is 47.4 Å². The van der Waals surface area contributed by atoms with E-state index in [9.17, 15) is 4.79 Å². The Hall–Kier alpha value is -2.40. The number of pyridine rings is 1. The Bertz CT molecular complexity index is 609. The van der Waals surface area contributed by atoms with E-state index in [-0.39, 0.29) is 5.91 Å². The highest BCUT2D eigenvalue weighted by Crippen LogP contribution is 2.14. The van der Waals surface area contributed by atoms with E-state index in [0.717, 1.165) is 31.9 Å². The number of carbonyl (C=O) groups excluding carboxylic acids is 1. The smallest absolute Gasteiger partial charge is 0.272 e. The third-order valence-electron chi connectivity index (χ3n) is 3.42. The molecule has 1 aliphatic heterocycles. The Labute approximate surface area is 124 Å². The van der Waals surface area contributed by atoms with E-state index in [4.69, 9.17) is 0 Å². The van der Waals surface area contributed by atoms with Gasteiger partial charge >= 0.3 is 0 Å². The van der Waals surface area contributed by atoms with Crippen LogP contribution in [0.3, 0.4) is 0 Å². The molecule has 2 heterocycles. The molecule has 1 saturated heterocycles. The number of para-hydroxylation sites is 1. The summed E-state index contributed by atoms with van der Waals surface area (Å²) in [5.41, 5.74) is 1.44. The fourth-order valence-corrected chi connectivity index (χ4v) is 2.32. The number of amides is 1. The van der Waals surface area contributed by atoms with Crippen molar-refractivity contribution in [1.29, 1.82) is 0 Å². The van der Waals surface area contributed by atoms with E-state index in [0.29, 0.717) is 11.5 Å².